The first-order valence-electron chi connectivity index (χ1n) is 6.10. The van der Waals surface area contributed by atoms with Crippen molar-refractivity contribution >= 4 is 0 Å². The van der Waals surface area contributed by atoms with Gasteiger partial charge < -0.3 is 9.47 Å². The molecule has 0 aliphatic carbocycles. The number of hydrogen-bond acceptors (Lipinski definition) is 2. The van der Waals surface area contributed by atoms with Gasteiger partial charge in [-0.3, -0.25) is 0 Å². The maximum atomic E-state index is 5.89. The third kappa shape index (κ3) is 6.44. The van der Waals surface area contributed by atoms with E-state index < -0.39 is 0 Å². The zero-order valence-electron chi connectivity index (χ0n) is 11.6. The molecule has 0 radical (unpaired) electrons. The third-order valence-electron chi connectivity index (χ3n) is 2.33. The van der Waals surface area contributed by atoms with Gasteiger partial charge in [0.05, 0.1) is 24.4 Å². The average Bonchev–Trinajstić information content (AvgIpc) is 2.25. The summed E-state index contributed by atoms with van der Waals surface area (Å²) in [6, 6.07) is 10.2. The first-order valence-corrected chi connectivity index (χ1v) is 6.10. The molecule has 1 aromatic carbocycles. The summed E-state index contributed by atoms with van der Waals surface area (Å²) in [5.74, 6) is 0. The zero-order chi connectivity index (χ0) is 12.9. The van der Waals surface area contributed by atoms with E-state index in [1.54, 1.807) is 0 Å². The van der Waals surface area contributed by atoms with Crippen LogP contribution in [0.3, 0.4) is 0 Å². The molecule has 0 heterocycles. The zero-order valence-corrected chi connectivity index (χ0v) is 11.6. The van der Waals surface area contributed by atoms with Gasteiger partial charge in [0.15, 0.2) is 0 Å². The molecule has 0 aromatic heterocycles. The second-order valence-corrected chi connectivity index (χ2v) is 5.94. The summed E-state index contributed by atoms with van der Waals surface area (Å²) in [6.45, 7) is 11.5. The van der Waals surface area contributed by atoms with Crippen molar-refractivity contribution in [2.75, 3.05) is 6.61 Å². The summed E-state index contributed by atoms with van der Waals surface area (Å²) >= 11 is 0. The molecule has 0 amide bonds. The lowest BCUT2D eigenvalue weighted by Crippen LogP contribution is -2.35. The van der Waals surface area contributed by atoms with E-state index in [4.69, 9.17) is 9.47 Å². The molecular weight excluding hydrogens is 212 g/mol. The lowest BCUT2D eigenvalue weighted by Gasteiger charge is -2.30. The minimum absolute atomic E-state index is 0.118. The summed E-state index contributed by atoms with van der Waals surface area (Å²) in [5, 5.41) is 0. The summed E-state index contributed by atoms with van der Waals surface area (Å²) in [4.78, 5) is 0. The fourth-order valence-corrected chi connectivity index (χ4v) is 1.28. The average molecular weight is 236 g/mol. The van der Waals surface area contributed by atoms with Crippen LogP contribution >= 0.6 is 0 Å². The van der Waals surface area contributed by atoms with Crippen LogP contribution in [-0.2, 0) is 16.1 Å². The summed E-state index contributed by atoms with van der Waals surface area (Å²) in [6.07, 6.45) is 0. The molecule has 0 N–H and O–H groups in total. The van der Waals surface area contributed by atoms with Crippen LogP contribution < -0.4 is 0 Å². The van der Waals surface area contributed by atoms with E-state index in [1.807, 2.05) is 18.2 Å². The third-order valence-corrected chi connectivity index (χ3v) is 2.33. The molecule has 17 heavy (non-hydrogen) atoms. The molecule has 0 unspecified atom stereocenters. The molecule has 2 heteroatoms. The van der Waals surface area contributed by atoms with Crippen LogP contribution in [0, 0.1) is 0 Å². The highest BCUT2D eigenvalue weighted by Crippen LogP contribution is 2.17. The van der Waals surface area contributed by atoms with E-state index >= 15 is 0 Å². The highest BCUT2D eigenvalue weighted by molar-refractivity contribution is 5.13. The molecule has 0 bridgehead atoms. The van der Waals surface area contributed by atoms with Crippen LogP contribution in [0.5, 0.6) is 0 Å². The van der Waals surface area contributed by atoms with Gasteiger partial charge in [-0.25, -0.2) is 0 Å². The second-order valence-electron chi connectivity index (χ2n) is 5.94. The summed E-state index contributed by atoms with van der Waals surface area (Å²) < 4.78 is 11.6. The van der Waals surface area contributed by atoms with E-state index in [-0.39, 0.29) is 11.2 Å². The van der Waals surface area contributed by atoms with Gasteiger partial charge in [0.25, 0.3) is 0 Å². The normalized spacial score (nSPS) is 12.8. The van der Waals surface area contributed by atoms with Gasteiger partial charge in [0.1, 0.15) is 0 Å². The molecule has 0 atom stereocenters. The first kappa shape index (κ1) is 14.2. The van der Waals surface area contributed by atoms with Crippen molar-refractivity contribution in [1.82, 2.24) is 0 Å². The van der Waals surface area contributed by atoms with Crippen molar-refractivity contribution in [3.05, 3.63) is 35.9 Å². The van der Waals surface area contributed by atoms with Gasteiger partial charge in [0, 0.05) is 0 Å². The highest BCUT2D eigenvalue weighted by Gasteiger charge is 2.22. The Kier molecular flexibility index (Phi) is 4.72. The fraction of sp³-hybridized carbons (Fsp3) is 0.600. The van der Waals surface area contributed by atoms with Gasteiger partial charge in [-0.05, 0) is 40.2 Å². The molecule has 2 nitrogen and oxygen atoms in total. The predicted molar refractivity (Wildman–Crippen MR) is 71.0 cm³/mol. The van der Waals surface area contributed by atoms with Crippen LogP contribution in [0.25, 0.3) is 0 Å². The van der Waals surface area contributed by atoms with Crippen molar-refractivity contribution in [3.63, 3.8) is 0 Å². The highest BCUT2D eigenvalue weighted by atomic mass is 16.5. The number of rotatable bonds is 5. The monoisotopic (exact) mass is 236 g/mol. The Labute approximate surface area is 105 Å². The second kappa shape index (κ2) is 5.65. The van der Waals surface area contributed by atoms with E-state index in [0.717, 1.165) is 0 Å². The molecule has 96 valence electrons. The summed E-state index contributed by atoms with van der Waals surface area (Å²) in [5.41, 5.74) is 0.813. The van der Waals surface area contributed by atoms with Crippen LogP contribution in [-0.4, -0.2) is 17.8 Å². The van der Waals surface area contributed by atoms with Gasteiger partial charge in [-0.1, -0.05) is 30.3 Å². The van der Waals surface area contributed by atoms with E-state index in [0.29, 0.717) is 13.2 Å². The Morgan fingerprint density at radius 3 is 2.00 bits per heavy atom. The number of hydrogen-bond donors (Lipinski definition) is 0. The van der Waals surface area contributed by atoms with Crippen LogP contribution in [0.2, 0.25) is 0 Å². The molecule has 0 spiro atoms. The smallest absolute Gasteiger partial charge is 0.0863 e. The molecule has 0 aliphatic rings. The Bertz CT molecular complexity index is 323. The fourth-order valence-electron chi connectivity index (χ4n) is 1.28. The lowest BCUT2D eigenvalue weighted by molar-refractivity contribution is -0.120. The van der Waals surface area contributed by atoms with Gasteiger partial charge in [-0.2, -0.15) is 0 Å². The van der Waals surface area contributed by atoms with Crippen LogP contribution in [0.4, 0.5) is 0 Å². The van der Waals surface area contributed by atoms with Crippen molar-refractivity contribution in [2.24, 2.45) is 0 Å². The molecule has 0 aliphatic heterocycles. The molecule has 0 saturated heterocycles. The maximum Gasteiger partial charge on any atom is 0.0863 e. The van der Waals surface area contributed by atoms with E-state index in [9.17, 15) is 0 Å². The Balaban J connectivity index is 2.39. The summed E-state index contributed by atoms with van der Waals surface area (Å²) in [7, 11) is 0. The van der Waals surface area contributed by atoms with Crippen LogP contribution in [0.15, 0.2) is 30.3 Å². The van der Waals surface area contributed by atoms with Crippen molar-refractivity contribution in [1.29, 1.82) is 0 Å². The molecule has 0 fully saturated rings. The predicted octanol–water partition coefficient (Wildman–Crippen LogP) is 3.80. The Morgan fingerprint density at radius 2 is 1.47 bits per heavy atom. The van der Waals surface area contributed by atoms with Crippen molar-refractivity contribution in [2.45, 2.75) is 52.4 Å². The number of ether oxygens (including phenoxy) is 2. The van der Waals surface area contributed by atoms with Crippen molar-refractivity contribution < 1.29 is 9.47 Å². The Hall–Kier alpha value is -0.860. The van der Waals surface area contributed by atoms with Gasteiger partial charge in [0.2, 0.25) is 0 Å². The largest absolute Gasteiger partial charge is 0.373 e. The standard InChI is InChI=1S/C15H24O2/c1-14(2,3)17-12-15(4,5)16-11-13-9-7-6-8-10-13/h6-10H,11-12H2,1-5H3. The maximum absolute atomic E-state index is 5.89. The topological polar surface area (TPSA) is 18.5 Å². The quantitative estimate of drug-likeness (QED) is 0.774. The van der Waals surface area contributed by atoms with Crippen molar-refractivity contribution in [3.8, 4) is 0 Å². The van der Waals surface area contributed by atoms with Crippen LogP contribution in [0.1, 0.15) is 40.2 Å². The minimum atomic E-state index is -0.261. The molecular formula is C15H24O2. The molecule has 1 aromatic rings. The SMILES string of the molecule is CC(C)(C)OCC(C)(C)OCc1ccccc1. The van der Waals surface area contributed by atoms with E-state index in [1.165, 1.54) is 5.56 Å². The molecule has 0 saturated carbocycles. The lowest BCUT2D eigenvalue weighted by atomic mass is 10.1. The first-order chi connectivity index (χ1) is 7.79. The number of benzene rings is 1. The Morgan fingerprint density at radius 1 is 0.882 bits per heavy atom. The molecule has 1 rings (SSSR count). The van der Waals surface area contributed by atoms with Gasteiger partial charge >= 0.3 is 0 Å². The van der Waals surface area contributed by atoms with Gasteiger partial charge in [-0.15, -0.1) is 0 Å². The van der Waals surface area contributed by atoms with E-state index in [2.05, 4.69) is 46.8 Å². The minimum Gasteiger partial charge on any atom is -0.373 e.